The van der Waals surface area contributed by atoms with Gasteiger partial charge in [0.1, 0.15) is 12.2 Å². The average Bonchev–Trinajstić information content (AvgIpc) is 2.90. The zero-order valence-electron chi connectivity index (χ0n) is 10.8. The SMILES string of the molecule is CCCC1(C(=O)NCc2ncn[nH]2)CCNCC1. The Morgan fingerprint density at radius 3 is 2.89 bits per heavy atom. The number of amides is 1. The van der Waals surface area contributed by atoms with Gasteiger partial charge in [0.2, 0.25) is 5.91 Å². The van der Waals surface area contributed by atoms with Crippen LogP contribution in [0.15, 0.2) is 6.33 Å². The van der Waals surface area contributed by atoms with Gasteiger partial charge in [-0.25, -0.2) is 4.98 Å². The third-order valence-corrected chi connectivity index (χ3v) is 3.65. The monoisotopic (exact) mass is 251 g/mol. The van der Waals surface area contributed by atoms with Crippen LogP contribution in [0.2, 0.25) is 0 Å². The van der Waals surface area contributed by atoms with E-state index in [1.54, 1.807) is 0 Å². The highest BCUT2D eigenvalue weighted by Gasteiger charge is 2.38. The minimum absolute atomic E-state index is 0.155. The van der Waals surface area contributed by atoms with Crippen LogP contribution in [0.4, 0.5) is 0 Å². The summed E-state index contributed by atoms with van der Waals surface area (Å²) in [5, 5.41) is 12.8. The first-order valence-electron chi connectivity index (χ1n) is 6.60. The third kappa shape index (κ3) is 2.87. The van der Waals surface area contributed by atoms with Crippen molar-refractivity contribution in [1.29, 1.82) is 0 Å². The normalized spacial score (nSPS) is 18.5. The van der Waals surface area contributed by atoms with Gasteiger partial charge in [0.15, 0.2) is 0 Å². The van der Waals surface area contributed by atoms with Crippen molar-refractivity contribution in [3.63, 3.8) is 0 Å². The number of aromatic amines is 1. The number of aromatic nitrogens is 3. The van der Waals surface area contributed by atoms with Crippen molar-refractivity contribution in [1.82, 2.24) is 25.8 Å². The van der Waals surface area contributed by atoms with Crippen LogP contribution in [0.5, 0.6) is 0 Å². The maximum atomic E-state index is 12.4. The van der Waals surface area contributed by atoms with Gasteiger partial charge in [-0.1, -0.05) is 13.3 Å². The van der Waals surface area contributed by atoms with E-state index in [4.69, 9.17) is 0 Å². The summed E-state index contributed by atoms with van der Waals surface area (Å²) in [6.45, 7) is 4.41. The Hall–Kier alpha value is -1.43. The molecule has 0 atom stereocenters. The summed E-state index contributed by atoms with van der Waals surface area (Å²) in [6, 6.07) is 0. The van der Waals surface area contributed by atoms with Gasteiger partial charge in [0.25, 0.3) is 0 Å². The number of rotatable bonds is 5. The van der Waals surface area contributed by atoms with E-state index < -0.39 is 0 Å². The largest absolute Gasteiger partial charge is 0.348 e. The lowest BCUT2D eigenvalue weighted by Gasteiger charge is -2.36. The van der Waals surface area contributed by atoms with Gasteiger partial charge >= 0.3 is 0 Å². The Kier molecular flexibility index (Phi) is 4.30. The predicted molar refractivity (Wildman–Crippen MR) is 67.7 cm³/mol. The molecule has 1 saturated heterocycles. The fourth-order valence-electron chi connectivity index (χ4n) is 2.64. The number of nitrogens with zero attached hydrogens (tertiary/aromatic N) is 2. The number of carbonyl (C=O) groups is 1. The van der Waals surface area contributed by atoms with E-state index in [1.807, 2.05) is 0 Å². The van der Waals surface area contributed by atoms with Gasteiger partial charge in [0.05, 0.1) is 12.0 Å². The van der Waals surface area contributed by atoms with E-state index in [0.29, 0.717) is 12.4 Å². The van der Waals surface area contributed by atoms with Crippen LogP contribution in [0.3, 0.4) is 0 Å². The zero-order chi connectivity index (χ0) is 12.8. The summed E-state index contributed by atoms with van der Waals surface area (Å²) in [7, 11) is 0. The van der Waals surface area contributed by atoms with Crippen LogP contribution in [0, 0.1) is 5.41 Å². The maximum absolute atomic E-state index is 12.4. The molecule has 100 valence electrons. The van der Waals surface area contributed by atoms with Gasteiger partial charge in [-0.15, -0.1) is 0 Å². The van der Waals surface area contributed by atoms with Crippen LogP contribution in [0.1, 0.15) is 38.4 Å². The topological polar surface area (TPSA) is 82.7 Å². The first-order chi connectivity index (χ1) is 8.77. The lowest BCUT2D eigenvalue weighted by Crippen LogP contribution is -2.47. The molecule has 1 aromatic heterocycles. The van der Waals surface area contributed by atoms with Crippen LogP contribution in [-0.4, -0.2) is 34.2 Å². The highest BCUT2D eigenvalue weighted by Crippen LogP contribution is 2.34. The van der Waals surface area contributed by atoms with E-state index in [2.05, 4.69) is 32.7 Å². The van der Waals surface area contributed by atoms with Crippen molar-refractivity contribution in [2.45, 2.75) is 39.2 Å². The van der Waals surface area contributed by atoms with Crippen LogP contribution >= 0.6 is 0 Å². The molecule has 0 saturated carbocycles. The summed E-state index contributed by atoms with van der Waals surface area (Å²) in [5.74, 6) is 0.853. The Morgan fingerprint density at radius 1 is 1.50 bits per heavy atom. The van der Waals surface area contributed by atoms with E-state index in [-0.39, 0.29) is 11.3 Å². The molecule has 1 fully saturated rings. The Bertz CT molecular complexity index is 364. The minimum atomic E-state index is -0.194. The summed E-state index contributed by atoms with van der Waals surface area (Å²) in [5.41, 5.74) is -0.194. The van der Waals surface area contributed by atoms with Gasteiger partial charge < -0.3 is 10.6 Å². The molecular weight excluding hydrogens is 230 g/mol. The highest BCUT2D eigenvalue weighted by molar-refractivity contribution is 5.82. The summed E-state index contributed by atoms with van der Waals surface area (Å²) < 4.78 is 0. The van der Waals surface area contributed by atoms with E-state index in [1.165, 1.54) is 6.33 Å². The molecule has 0 radical (unpaired) electrons. The van der Waals surface area contributed by atoms with Crippen molar-refractivity contribution in [3.8, 4) is 0 Å². The van der Waals surface area contributed by atoms with Gasteiger partial charge in [-0.3, -0.25) is 9.89 Å². The fraction of sp³-hybridized carbons (Fsp3) is 0.750. The number of nitrogens with one attached hydrogen (secondary N) is 3. The molecule has 18 heavy (non-hydrogen) atoms. The molecule has 1 aliphatic heterocycles. The van der Waals surface area contributed by atoms with Crippen molar-refractivity contribution in [2.75, 3.05) is 13.1 Å². The second-order valence-electron chi connectivity index (χ2n) is 4.90. The van der Waals surface area contributed by atoms with E-state index in [9.17, 15) is 4.79 Å². The molecule has 0 aliphatic carbocycles. The number of H-pyrrole nitrogens is 1. The number of hydrogen-bond donors (Lipinski definition) is 3. The first kappa shape index (κ1) is 13.0. The zero-order valence-corrected chi connectivity index (χ0v) is 10.8. The average molecular weight is 251 g/mol. The minimum Gasteiger partial charge on any atom is -0.348 e. The molecule has 0 unspecified atom stereocenters. The molecule has 0 spiro atoms. The van der Waals surface area contributed by atoms with E-state index in [0.717, 1.165) is 38.8 Å². The predicted octanol–water partition coefficient (Wildman–Crippen LogP) is 0.591. The molecule has 6 nitrogen and oxygen atoms in total. The standard InChI is InChI=1S/C12H21N5O/c1-2-3-12(4-6-13-7-5-12)11(18)14-8-10-15-9-16-17-10/h9,13H,2-8H2,1H3,(H,14,18)(H,15,16,17). The molecule has 2 heterocycles. The smallest absolute Gasteiger partial charge is 0.226 e. The molecule has 6 heteroatoms. The molecule has 1 amide bonds. The quantitative estimate of drug-likeness (QED) is 0.715. The molecule has 0 aromatic carbocycles. The highest BCUT2D eigenvalue weighted by atomic mass is 16.2. The Labute approximate surface area is 107 Å². The molecule has 1 aliphatic rings. The maximum Gasteiger partial charge on any atom is 0.226 e. The number of hydrogen-bond acceptors (Lipinski definition) is 4. The van der Waals surface area contributed by atoms with Gasteiger partial charge in [0, 0.05) is 0 Å². The van der Waals surface area contributed by atoms with Crippen LogP contribution in [-0.2, 0) is 11.3 Å². The van der Waals surface area contributed by atoms with Crippen LogP contribution in [0.25, 0.3) is 0 Å². The van der Waals surface area contributed by atoms with Gasteiger partial charge in [-0.05, 0) is 32.4 Å². The van der Waals surface area contributed by atoms with Crippen molar-refractivity contribution in [3.05, 3.63) is 12.2 Å². The lowest BCUT2D eigenvalue weighted by atomic mass is 9.74. The second kappa shape index (κ2) is 5.95. The third-order valence-electron chi connectivity index (χ3n) is 3.65. The molecule has 2 rings (SSSR count). The van der Waals surface area contributed by atoms with Gasteiger partial charge in [-0.2, -0.15) is 5.10 Å². The summed E-state index contributed by atoms with van der Waals surface area (Å²) >= 11 is 0. The lowest BCUT2D eigenvalue weighted by molar-refractivity contribution is -0.133. The van der Waals surface area contributed by atoms with E-state index >= 15 is 0 Å². The molecular formula is C12H21N5O. The summed E-state index contributed by atoms with van der Waals surface area (Å²) in [4.78, 5) is 16.4. The molecule has 0 bridgehead atoms. The first-order valence-corrected chi connectivity index (χ1v) is 6.60. The van der Waals surface area contributed by atoms with Crippen molar-refractivity contribution < 1.29 is 4.79 Å². The Morgan fingerprint density at radius 2 is 2.28 bits per heavy atom. The summed E-state index contributed by atoms with van der Waals surface area (Å²) in [6.07, 6.45) is 5.28. The number of piperidine rings is 1. The molecule has 1 aromatic rings. The Balaban J connectivity index is 1.95. The number of carbonyl (C=O) groups excluding carboxylic acids is 1. The fourth-order valence-corrected chi connectivity index (χ4v) is 2.64. The second-order valence-corrected chi connectivity index (χ2v) is 4.90. The van der Waals surface area contributed by atoms with Crippen molar-refractivity contribution in [2.24, 2.45) is 5.41 Å². The molecule has 3 N–H and O–H groups in total. The van der Waals surface area contributed by atoms with Crippen LogP contribution < -0.4 is 10.6 Å². The van der Waals surface area contributed by atoms with Crippen molar-refractivity contribution >= 4 is 5.91 Å².